The van der Waals surface area contributed by atoms with Gasteiger partial charge in [0.1, 0.15) is 0 Å². The first-order valence-electron chi connectivity index (χ1n) is 6.52. The third-order valence-corrected chi connectivity index (χ3v) is 3.84. The standard InChI is InChI=1S/C15H17N3O/c1-15(16,11-5-6-11)14(19)18-13-4-2-3-10-9-17-8-7-12(10)13/h2-4,7-9,11H,5-6,16H2,1H3,(H,18,19). The van der Waals surface area contributed by atoms with Crippen LogP contribution in [-0.2, 0) is 4.79 Å². The number of pyridine rings is 1. The highest BCUT2D eigenvalue weighted by Gasteiger charge is 2.44. The lowest BCUT2D eigenvalue weighted by atomic mass is 9.96. The first kappa shape index (κ1) is 12.1. The molecule has 3 rings (SSSR count). The molecular formula is C15H17N3O. The predicted molar refractivity (Wildman–Crippen MR) is 75.7 cm³/mol. The molecule has 1 unspecified atom stereocenters. The molecule has 0 radical (unpaired) electrons. The maximum atomic E-state index is 12.3. The van der Waals surface area contributed by atoms with Gasteiger partial charge in [0, 0.05) is 28.9 Å². The van der Waals surface area contributed by atoms with Crippen LogP contribution in [0.4, 0.5) is 5.69 Å². The van der Waals surface area contributed by atoms with Crippen LogP contribution in [0.3, 0.4) is 0 Å². The first-order chi connectivity index (χ1) is 9.09. The Balaban J connectivity index is 1.91. The second kappa shape index (κ2) is 4.31. The zero-order valence-electron chi connectivity index (χ0n) is 10.9. The van der Waals surface area contributed by atoms with Crippen molar-refractivity contribution in [3.63, 3.8) is 0 Å². The van der Waals surface area contributed by atoms with Gasteiger partial charge in [-0.1, -0.05) is 12.1 Å². The lowest BCUT2D eigenvalue weighted by Gasteiger charge is -2.23. The number of aromatic nitrogens is 1. The minimum absolute atomic E-state index is 0.112. The molecule has 1 amide bonds. The Labute approximate surface area is 112 Å². The van der Waals surface area contributed by atoms with Crippen LogP contribution in [0.25, 0.3) is 10.8 Å². The molecule has 1 aliphatic carbocycles. The molecule has 0 saturated heterocycles. The maximum Gasteiger partial charge on any atom is 0.244 e. The number of amides is 1. The van der Waals surface area contributed by atoms with E-state index in [1.165, 1.54) is 0 Å². The summed E-state index contributed by atoms with van der Waals surface area (Å²) in [6.45, 7) is 1.81. The normalized spacial score (nSPS) is 18.0. The molecule has 4 heteroatoms. The molecule has 3 N–H and O–H groups in total. The molecule has 4 nitrogen and oxygen atoms in total. The van der Waals surface area contributed by atoms with Gasteiger partial charge < -0.3 is 11.1 Å². The van der Waals surface area contributed by atoms with Crippen molar-refractivity contribution in [1.82, 2.24) is 4.98 Å². The van der Waals surface area contributed by atoms with Crippen molar-refractivity contribution in [2.45, 2.75) is 25.3 Å². The molecule has 19 heavy (non-hydrogen) atoms. The molecule has 1 fully saturated rings. The highest BCUT2D eigenvalue weighted by molar-refractivity contribution is 6.05. The van der Waals surface area contributed by atoms with Crippen molar-refractivity contribution >= 4 is 22.4 Å². The minimum Gasteiger partial charge on any atom is -0.324 e. The number of benzene rings is 1. The number of nitrogens with one attached hydrogen (secondary N) is 1. The van der Waals surface area contributed by atoms with Gasteiger partial charge in [0.2, 0.25) is 5.91 Å². The number of hydrogen-bond acceptors (Lipinski definition) is 3. The summed E-state index contributed by atoms with van der Waals surface area (Å²) in [7, 11) is 0. The predicted octanol–water partition coefficient (Wildman–Crippen LogP) is 2.30. The number of fused-ring (bicyclic) bond motifs is 1. The largest absolute Gasteiger partial charge is 0.324 e. The summed E-state index contributed by atoms with van der Waals surface area (Å²) < 4.78 is 0. The average molecular weight is 255 g/mol. The molecule has 0 bridgehead atoms. The van der Waals surface area contributed by atoms with E-state index in [0.29, 0.717) is 5.92 Å². The first-order valence-corrected chi connectivity index (χ1v) is 6.52. The van der Waals surface area contributed by atoms with Gasteiger partial charge in [-0.05, 0) is 37.8 Å². The van der Waals surface area contributed by atoms with E-state index >= 15 is 0 Å². The Morgan fingerprint density at radius 2 is 2.21 bits per heavy atom. The second-order valence-corrected chi connectivity index (χ2v) is 5.41. The fraction of sp³-hybridized carbons (Fsp3) is 0.333. The lowest BCUT2D eigenvalue weighted by molar-refractivity contribution is -0.121. The molecule has 0 aliphatic heterocycles. The van der Waals surface area contributed by atoms with Crippen LogP contribution in [0.2, 0.25) is 0 Å². The third-order valence-electron chi connectivity index (χ3n) is 3.84. The van der Waals surface area contributed by atoms with E-state index in [0.717, 1.165) is 29.3 Å². The Morgan fingerprint density at radius 3 is 2.95 bits per heavy atom. The summed E-state index contributed by atoms with van der Waals surface area (Å²) in [5, 5.41) is 4.94. The molecule has 1 aromatic heterocycles. The highest BCUT2D eigenvalue weighted by atomic mass is 16.2. The Kier molecular flexibility index (Phi) is 2.75. The van der Waals surface area contributed by atoms with E-state index < -0.39 is 5.54 Å². The van der Waals surface area contributed by atoms with Crippen LogP contribution in [-0.4, -0.2) is 16.4 Å². The van der Waals surface area contributed by atoms with E-state index in [2.05, 4.69) is 10.3 Å². The zero-order chi connectivity index (χ0) is 13.5. The summed E-state index contributed by atoms with van der Waals surface area (Å²) in [6.07, 6.45) is 5.59. The molecule has 0 spiro atoms. The Bertz CT molecular complexity index is 627. The van der Waals surface area contributed by atoms with Crippen molar-refractivity contribution in [2.75, 3.05) is 5.32 Å². The average Bonchev–Trinajstić information content (AvgIpc) is 3.23. The van der Waals surface area contributed by atoms with Crippen molar-refractivity contribution in [1.29, 1.82) is 0 Å². The van der Waals surface area contributed by atoms with Gasteiger partial charge in [-0.3, -0.25) is 9.78 Å². The smallest absolute Gasteiger partial charge is 0.244 e. The van der Waals surface area contributed by atoms with Crippen LogP contribution in [0.15, 0.2) is 36.7 Å². The van der Waals surface area contributed by atoms with E-state index in [1.807, 2.05) is 31.2 Å². The molecule has 1 aliphatic rings. The number of carbonyl (C=O) groups excluding carboxylic acids is 1. The third kappa shape index (κ3) is 2.19. The summed E-state index contributed by atoms with van der Waals surface area (Å²) in [6, 6.07) is 7.67. The fourth-order valence-electron chi connectivity index (χ4n) is 2.36. The molecule has 1 heterocycles. The number of hydrogen-bond donors (Lipinski definition) is 2. The van der Waals surface area contributed by atoms with Crippen LogP contribution in [0.5, 0.6) is 0 Å². The molecule has 98 valence electrons. The summed E-state index contributed by atoms with van der Waals surface area (Å²) in [4.78, 5) is 16.4. The lowest BCUT2D eigenvalue weighted by Crippen LogP contribution is -2.50. The maximum absolute atomic E-state index is 12.3. The minimum atomic E-state index is -0.783. The van der Waals surface area contributed by atoms with Crippen LogP contribution < -0.4 is 11.1 Å². The van der Waals surface area contributed by atoms with Crippen molar-refractivity contribution in [2.24, 2.45) is 11.7 Å². The topological polar surface area (TPSA) is 68.0 Å². The molecule has 2 aromatic rings. The highest BCUT2D eigenvalue weighted by Crippen LogP contribution is 2.38. The second-order valence-electron chi connectivity index (χ2n) is 5.41. The SMILES string of the molecule is CC(N)(C(=O)Nc1cccc2cnccc12)C1CC1. The van der Waals surface area contributed by atoms with Gasteiger partial charge in [0.15, 0.2) is 0 Å². The van der Waals surface area contributed by atoms with Crippen LogP contribution in [0.1, 0.15) is 19.8 Å². The zero-order valence-corrected chi connectivity index (χ0v) is 10.9. The van der Waals surface area contributed by atoms with Crippen molar-refractivity contribution < 1.29 is 4.79 Å². The summed E-state index contributed by atoms with van der Waals surface area (Å²) >= 11 is 0. The number of nitrogens with two attached hydrogens (primary N) is 1. The van der Waals surface area contributed by atoms with E-state index in [4.69, 9.17) is 5.73 Å². The van der Waals surface area contributed by atoms with Gasteiger partial charge in [0.25, 0.3) is 0 Å². The van der Waals surface area contributed by atoms with Crippen LogP contribution in [0, 0.1) is 5.92 Å². The Hall–Kier alpha value is -1.94. The summed E-state index contributed by atoms with van der Waals surface area (Å²) in [5.74, 6) is 0.198. The molecule has 1 aromatic carbocycles. The molecular weight excluding hydrogens is 238 g/mol. The molecule has 1 atom stereocenters. The number of carbonyl (C=O) groups is 1. The number of rotatable bonds is 3. The van der Waals surface area contributed by atoms with Crippen LogP contribution >= 0.6 is 0 Å². The number of anilines is 1. The molecule has 1 saturated carbocycles. The monoisotopic (exact) mass is 255 g/mol. The quantitative estimate of drug-likeness (QED) is 0.884. The Morgan fingerprint density at radius 1 is 1.42 bits per heavy atom. The van der Waals surface area contributed by atoms with Gasteiger partial charge >= 0.3 is 0 Å². The van der Waals surface area contributed by atoms with Gasteiger partial charge in [-0.2, -0.15) is 0 Å². The fourth-order valence-corrected chi connectivity index (χ4v) is 2.36. The van der Waals surface area contributed by atoms with Crippen molar-refractivity contribution in [3.05, 3.63) is 36.7 Å². The van der Waals surface area contributed by atoms with Crippen molar-refractivity contribution in [3.8, 4) is 0 Å². The van der Waals surface area contributed by atoms with E-state index in [1.54, 1.807) is 12.4 Å². The van der Waals surface area contributed by atoms with Gasteiger partial charge in [-0.25, -0.2) is 0 Å². The van der Waals surface area contributed by atoms with Gasteiger partial charge in [0.05, 0.1) is 5.54 Å². The van der Waals surface area contributed by atoms with Gasteiger partial charge in [-0.15, -0.1) is 0 Å². The number of nitrogens with zero attached hydrogens (tertiary/aromatic N) is 1. The van der Waals surface area contributed by atoms with E-state index in [-0.39, 0.29) is 5.91 Å². The van der Waals surface area contributed by atoms with E-state index in [9.17, 15) is 4.79 Å². The summed E-state index contributed by atoms with van der Waals surface area (Å²) in [5.41, 5.74) is 6.14.